The third-order valence-electron chi connectivity index (χ3n) is 2.69. The Labute approximate surface area is 110 Å². The number of hydrogen-bond acceptors (Lipinski definition) is 2. The van der Waals surface area contributed by atoms with Gasteiger partial charge < -0.3 is 5.32 Å². The van der Waals surface area contributed by atoms with Crippen LogP contribution in [0.2, 0.25) is 0 Å². The number of aryl methyl sites for hydroxylation is 2. The highest BCUT2D eigenvalue weighted by Crippen LogP contribution is 2.26. The molecule has 0 bridgehead atoms. The second kappa shape index (κ2) is 5.06. The van der Waals surface area contributed by atoms with Gasteiger partial charge in [-0.1, -0.05) is 15.9 Å². The van der Waals surface area contributed by atoms with Crippen molar-refractivity contribution in [2.45, 2.75) is 32.7 Å². The maximum Gasteiger partial charge on any atom is 0.210 e. The van der Waals surface area contributed by atoms with Crippen LogP contribution in [0.5, 0.6) is 0 Å². The fraction of sp³-hybridized carbons (Fsp3) is 0.417. The quantitative estimate of drug-likeness (QED) is 0.340. The molecule has 0 atom stereocenters. The molecule has 1 aromatic carbocycles. The molecule has 0 spiro atoms. The van der Waals surface area contributed by atoms with Crippen LogP contribution >= 0.6 is 15.9 Å². The van der Waals surface area contributed by atoms with E-state index >= 15 is 0 Å². The SMILES string of the molecule is Cc1cc(NC(=NC2CC2)NN)cc(C)c1Br. The van der Waals surface area contributed by atoms with Crippen molar-refractivity contribution in [2.75, 3.05) is 5.32 Å². The van der Waals surface area contributed by atoms with E-state index in [0.717, 1.165) is 23.0 Å². The lowest BCUT2D eigenvalue weighted by Gasteiger charge is -2.12. The Bertz CT molecular complexity index is 429. The molecule has 0 aliphatic heterocycles. The highest BCUT2D eigenvalue weighted by molar-refractivity contribution is 9.10. The standard InChI is InChI=1S/C12H17BrN4/c1-7-5-10(6-8(2)11(7)13)16-12(17-14)15-9-3-4-9/h5-6,9H,3-4,14H2,1-2H3,(H2,15,16,17). The predicted molar refractivity (Wildman–Crippen MR) is 75.0 cm³/mol. The molecule has 1 aromatic rings. The van der Waals surface area contributed by atoms with Gasteiger partial charge in [-0.05, 0) is 49.9 Å². The van der Waals surface area contributed by atoms with Gasteiger partial charge in [0.1, 0.15) is 0 Å². The van der Waals surface area contributed by atoms with Crippen molar-refractivity contribution >= 4 is 27.6 Å². The van der Waals surface area contributed by atoms with Crippen molar-refractivity contribution in [1.29, 1.82) is 0 Å². The molecule has 2 rings (SSSR count). The molecule has 92 valence electrons. The maximum absolute atomic E-state index is 5.45. The molecule has 0 heterocycles. The Balaban J connectivity index is 2.17. The van der Waals surface area contributed by atoms with E-state index in [1.54, 1.807) is 0 Å². The van der Waals surface area contributed by atoms with Crippen LogP contribution in [0, 0.1) is 13.8 Å². The summed E-state index contributed by atoms with van der Waals surface area (Å²) in [6.07, 6.45) is 2.32. The van der Waals surface area contributed by atoms with Gasteiger partial charge in [-0.3, -0.25) is 5.43 Å². The summed E-state index contributed by atoms with van der Waals surface area (Å²) in [4.78, 5) is 4.44. The summed E-state index contributed by atoms with van der Waals surface area (Å²) in [6.45, 7) is 4.13. The first-order valence-corrected chi connectivity index (χ1v) is 6.47. The molecule has 0 aromatic heterocycles. The molecule has 1 saturated carbocycles. The van der Waals surface area contributed by atoms with E-state index in [-0.39, 0.29) is 0 Å². The van der Waals surface area contributed by atoms with Gasteiger partial charge in [0.15, 0.2) is 0 Å². The van der Waals surface area contributed by atoms with Gasteiger partial charge in [0.2, 0.25) is 5.96 Å². The molecular formula is C12H17BrN4. The van der Waals surface area contributed by atoms with E-state index in [1.165, 1.54) is 11.1 Å². The van der Waals surface area contributed by atoms with Gasteiger partial charge in [0.25, 0.3) is 0 Å². The van der Waals surface area contributed by atoms with Gasteiger partial charge in [-0.25, -0.2) is 10.8 Å². The second-order valence-corrected chi connectivity index (χ2v) is 5.20. The summed E-state index contributed by atoms with van der Waals surface area (Å²) in [6, 6.07) is 4.57. The zero-order valence-electron chi connectivity index (χ0n) is 10.0. The Morgan fingerprint density at radius 3 is 2.41 bits per heavy atom. The zero-order chi connectivity index (χ0) is 12.4. The lowest BCUT2D eigenvalue weighted by atomic mass is 10.1. The molecule has 0 saturated heterocycles. The second-order valence-electron chi connectivity index (χ2n) is 4.40. The van der Waals surface area contributed by atoms with E-state index in [4.69, 9.17) is 5.84 Å². The number of halogens is 1. The summed E-state index contributed by atoms with van der Waals surface area (Å²) in [5.41, 5.74) is 5.98. The molecule has 0 radical (unpaired) electrons. The first-order valence-electron chi connectivity index (χ1n) is 5.68. The Morgan fingerprint density at radius 1 is 1.35 bits per heavy atom. The molecule has 1 fully saturated rings. The number of hydrazine groups is 1. The summed E-state index contributed by atoms with van der Waals surface area (Å²) in [7, 11) is 0. The minimum absolute atomic E-state index is 0.436. The van der Waals surface area contributed by atoms with E-state index in [2.05, 4.69) is 57.6 Å². The fourth-order valence-electron chi connectivity index (χ4n) is 1.65. The number of hydrogen-bond donors (Lipinski definition) is 3. The fourth-order valence-corrected chi connectivity index (χ4v) is 1.88. The minimum Gasteiger partial charge on any atom is -0.325 e. The molecule has 4 N–H and O–H groups in total. The number of nitrogens with zero attached hydrogens (tertiary/aromatic N) is 1. The number of benzene rings is 1. The van der Waals surface area contributed by atoms with Crippen LogP contribution in [-0.4, -0.2) is 12.0 Å². The van der Waals surface area contributed by atoms with Crippen LogP contribution in [0.3, 0.4) is 0 Å². The minimum atomic E-state index is 0.436. The van der Waals surface area contributed by atoms with Crippen LogP contribution in [-0.2, 0) is 0 Å². The van der Waals surface area contributed by atoms with E-state index in [1.807, 2.05) is 0 Å². The van der Waals surface area contributed by atoms with Crippen molar-refractivity contribution in [2.24, 2.45) is 10.8 Å². The Hall–Kier alpha value is -1.07. The van der Waals surface area contributed by atoms with Gasteiger partial charge >= 0.3 is 0 Å². The van der Waals surface area contributed by atoms with E-state index in [9.17, 15) is 0 Å². The average Bonchev–Trinajstić information content (AvgIpc) is 3.08. The van der Waals surface area contributed by atoms with Crippen molar-refractivity contribution in [1.82, 2.24) is 5.43 Å². The van der Waals surface area contributed by atoms with E-state index < -0.39 is 0 Å². The van der Waals surface area contributed by atoms with Gasteiger partial charge in [-0.15, -0.1) is 0 Å². The topological polar surface area (TPSA) is 62.4 Å². The number of aliphatic imine (C=N–C) groups is 1. The van der Waals surface area contributed by atoms with Crippen LogP contribution in [0.15, 0.2) is 21.6 Å². The van der Waals surface area contributed by atoms with Crippen LogP contribution in [0.1, 0.15) is 24.0 Å². The molecule has 0 unspecified atom stereocenters. The normalized spacial score (nSPS) is 15.9. The van der Waals surface area contributed by atoms with Crippen molar-refractivity contribution in [3.8, 4) is 0 Å². The lowest BCUT2D eigenvalue weighted by molar-refractivity contribution is 0.966. The largest absolute Gasteiger partial charge is 0.325 e. The number of rotatable bonds is 2. The van der Waals surface area contributed by atoms with Crippen LogP contribution < -0.4 is 16.6 Å². The molecule has 4 nitrogen and oxygen atoms in total. The monoisotopic (exact) mass is 296 g/mol. The maximum atomic E-state index is 5.45. The highest BCUT2D eigenvalue weighted by atomic mass is 79.9. The van der Waals surface area contributed by atoms with Gasteiger partial charge in [0.05, 0.1) is 6.04 Å². The molecular weight excluding hydrogens is 280 g/mol. The zero-order valence-corrected chi connectivity index (χ0v) is 11.6. The summed E-state index contributed by atoms with van der Waals surface area (Å²) in [5, 5.41) is 3.20. The smallest absolute Gasteiger partial charge is 0.210 e. The van der Waals surface area contributed by atoms with Crippen molar-refractivity contribution < 1.29 is 0 Å². The number of nitrogens with two attached hydrogens (primary N) is 1. The van der Waals surface area contributed by atoms with Crippen LogP contribution in [0.4, 0.5) is 5.69 Å². The van der Waals surface area contributed by atoms with E-state index in [0.29, 0.717) is 12.0 Å². The first kappa shape index (κ1) is 12.4. The predicted octanol–water partition coefficient (Wildman–Crippen LogP) is 2.46. The molecule has 17 heavy (non-hydrogen) atoms. The first-order chi connectivity index (χ1) is 8.10. The Kier molecular flexibility index (Phi) is 3.69. The van der Waals surface area contributed by atoms with Gasteiger partial charge in [-0.2, -0.15) is 0 Å². The Morgan fingerprint density at radius 2 is 1.94 bits per heavy atom. The molecule has 1 aliphatic carbocycles. The number of nitrogens with one attached hydrogen (secondary N) is 2. The molecule has 0 amide bonds. The van der Waals surface area contributed by atoms with Crippen LogP contribution in [0.25, 0.3) is 0 Å². The average molecular weight is 297 g/mol. The third-order valence-corrected chi connectivity index (χ3v) is 3.95. The summed E-state index contributed by atoms with van der Waals surface area (Å²) in [5.74, 6) is 6.08. The van der Waals surface area contributed by atoms with Crippen molar-refractivity contribution in [3.63, 3.8) is 0 Å². The summed E-state index contributed by atoms with van der Waals surface area (Å²) >= 11 is 3.55. The van der Waals surface area contributed by atoms with Crippen molar-refractivity contribution in [3.05, 3.63) is 27.7 Å². The van der Waals surface area contributed by atoms with Gasteiger partial charge in [0, 0.05) is 10.2 Å². The summed E-state index contributed by atoms with van der Waals surface area (Å²) < 4.78 is 1.14. The lowest BCUT2D eigenvalue weighted by Crippen LogP contribution is -2.36. The number of guanidine groups is 1. The third kappa shape index (κ3) is 3.20. The molecule has 5 heteroatoms. The molecule has 1 aliphatic rings. The highest BCUT2D eigenvalue weighted by Gasteiger charge is 2.21. The number of anilines is 1.